The zero-order chi connectivity index (χ0) is 21.7. The minimum atomic E-state index is -3.78. The van der Waals surface area contributed by atoms with Gasteiger partial charge in [-0.1, -0.05) is 31.4 Å². The number of nitrogens with zero attached hydrogens (tertiary/aromatic N) is 1. The predicted molar refractivity (Wildman–Crippen MR) is 124 cm³/mol. The molecule has 30 heavy (non-hydrogen) atoms. The monoisotopic (exact) mass is 466 g/mol. The molecule has 0 bridgehead atoms. The van der Waals surface area contributed by atoms with Crippen molar-refractivity contribution < 1.29 is 13.2 Å². The van der Waals surface area contributed by atoms with Crippen LogP contribution in [0.25, 0.3) is 10.2 Å². The van der Waals surface area contributed by atoms with Gasteiger partial charge in [0.05, 0.1) is 27.2 Å². The SMILES string of the molecule is CCCCC(CCCc1cc(OC)ccc1S(N)(=O)=O)c1nc2ccc(Cl)cc2s1. The predicted octanol–water partition coefficient (Wildman–Crippen LogP) is 5.90. The summed E-state index contributed by atoms with van der Waals surface area (Å²) in [5.41, 5.74) is 1.67. The number of methoxy groups -OCH3 is 1. The third-order valence-corrected chi connectivity index (χ3v) is 7.62. The highest BCUT2D eigenvalue weighted by atomic mass is 35.5. The van der Waals surface area contributed by atoms with Gasteiger partial charge in [-0.15, -0.1) is 11.3 Å². The number of aromatic nitrogens is 1. The molecule has 1 atom stereocenters. The first-order chi connectivity index (χ1) is 14.3. The first kappa shape index (κ1) is 23.0. The van der Waals surface area contributed by atoms with Crippen molar-refractivity contribution in [2.75, 3.05) is 7.11 Å². The molecule has 2 N–H and O–H groups in total. The van der Waals surface area contributed by atoms with Crippen molar-refractivity contribution >= 4 is 43.2 Å². The number of aryl methyl sites for hydroxylation is 1. The van der Waals surface area contributed by atoms with Crippen LogP contribution in [0.4, 0.5) is 0 Å². The van der Waals surface area contributed by atoms with E-state index in [-0.39, 0.29) is 4.90 Å². The Morgan fingerprint density at radius 1 is 1.17 bits per heavy atom. The van der Waals surface area contributed by atoms with Crippen LogP contribution in [0.3, 0.4) is 0 Å². The van der Waals surface area contributed by atoms with Crippen molar-refractivity contribution in [3.63, 3.8) is 0 Å². The van der Waals surface area contributed by atoms with E-state index in [0.29, 0.717) is 23.7 Å². The molecule has 0 saturated heterocycles. The van der Waals surface area contributed by atoms with Gasteiger partial charge in [0.25, 0.3) is 0 Å². The van der Waals surface area contributed by atoms with Crippen LogP contribution in [0.5, 0.6) is 5.75 Å². The molecule has 0 radical (unpaired) electrons. The van der Waals surface area contributed by atoms with Crippen LogP contribution in [0.2, 0.25) is 5.02 Å². The Hall–Kier alpha value is -1.67. The van der Waals surface area contributed by atoms with Crippen LogP contribution in [0.1, 0.15) is 55.5 Å². The Balaban J connectivity index is 1.78. The largest absolute Gasteiger partial charge is 0.497 e. The lowest BCUT2D eigenvalue weighted by molar-refractivity contribution is 0.413. The highest BCUT2D eigenvalue weighted by Gasteiger charge is 2.19. The molecule has 0 saturated carbocycles. The molecule has 5 nitrogen and oxygen atoms in total. The van der Waals surface area contributed by atoms with E-state index in [9.17, 15) is 8.42 Å². The zero-order valence-electron chi connectivity index (χ0n) is 17.2. The van der Waals surface area contributed by atoms with E-state index < -0.39 is 10.0 Å². The summed E-state index contributed by atoms with van der Waals surface area (Å²) in [4.78, 5) is 5.01. The Morgan fingerprint density at radius 3 is 2.63 bits per heavy atom. The Kier molecular flexibility index (Phi) is 7.74. The minimum absolute atomic E-state index is 0.169. The van der Waals surface area contributed by atoms with Gasteiger partial charge in [0.15, 0.2) is 0 Å². The Morgan fingerprint density at radius 2 is 1.93 bits per heavy atom. The van der Waals surface area contributed by atoms with Crippen molar-refractivity contribution in [1.82, 2.24) is 4.98 Å². The maximum Gasteiger partial charge on any atom is 0.238 e. The number of hydrogen-bond donors (Lipinski definition) is 1. The van der Waals surface area contributed by atoms with E-state index in [1.165, 1.54) is 6.07 Å². The number of halogens is 1. The molecule has 1 aromatic heterocycles. The lowest BCUT2D eigenvalue weighted by atomic mass is 9.95. The van der Waals surface area contributed by atoms with Crippen molar-refractivity contribution in [3.05, 3.63) is 52.0 Å². The first-order valence-electron chi connectivity index (χ1n) is 10.1. The maximum absolute atomic E-state index is 12.0. The fourth-order valence-corrected chi connectivity index (χ4v) is 5.82. The molecule has 3 rings (SSSR count). The Bertz CT molecular complexity index is 1110. The van der Waals surface area contributed by atoms with Gasteiger partial charge in [-0.25, -0.2) is 18.5 Å². The van der Waals surface area contributed by atoms with Crippen molar-refractivity contribution in [2.45, 2.75) is 56.3 Å². The number of nitrogens with two attached hydrogens (primary N) is 1. The summed E-state index contributed by atoms with van der Waals surface area (Å²) < 4.78 is 30.3. The van der Waals surface area contributed by atoms with Gasteiger partial charge in [-0.05, 0) is 67.6 Å². The number of benzene rings is 2. The van der Waals surface area contributed by atoms with Crippen molar-refractivity contribution in [2.24, 2.45) is 5.14 Å². The second-order valence-corrected chi connectivity index (χ2v) is 10.4. The van der Waals surface area contributed by atoms with Gasteiger partial charge in [0.1, 0.15) is 5.75 Å². The third-order valence-electron chi connectivity index (χ3n) is 5.20. The molecule has 0 aliphatic heterocycles. The molecular weight excluding hydrogens is 440 g/mol. The molecule has 0 amide bonds. The topological polar surface area (TPSA) is 82.3 Å². The molecule has 2 aromatic carbocycles. The summed E-state index contributed by atoms with van der Waals surface area (Å²) in [6, 6.07) is 10.7. The van der Waals surface area contributed by atoms with E-state index in [1.54, 1.807) is 30.6 Å². The third kappa shape index (κ3) is 5.72. The second kappa shape index (κ2) is 10.1. The summed E-state index contributed by atoms with van der Waals surface area (Å²) in [7, 11) is -2.21. The minimum Gasteiger partial charge on any atom is -0.497 e. The molecule has 0 fully saturated rings. The van der Waals surface area contributed by atoms with Crippen LogP contribution in [-0.2, 0) is 16.4 Å². The number of fused-ring (bicyclic) bond motifs is 1. The zero-order valence-corrected chi connectivity index (χ0v) is 19.6. The lowest BCUT2D eigenvalue weighted by Gasteiger charge is -2.15. The summed E-state index contributed by atoms with van der Waals surface area (Å²) in [6.07, 6.45) is 5.68. The van der Waals surface area contributed by atoms with Crippen LogP contribution >= 0.6 is 22.9 Å². The molecule has 1 unspecified atom stereocenters. The molecule has 1 heterocycles. The van der Waals surface area contributed by atoms with Crippen LogP contribution in [0.15, 0.2) is 41.3 Å². The van der Waals surface area contributed by atoms with Gasteiger partial charge in [-0.2, -0.15) is 0 Å². The van der Waals surface area contributed by atoms with Gasteiger partial charge in [0.2, 0.25) is 10.0 Å². The summed E-state index contributed by atoms with van der Waals surface area (Å²) in [6.45, 7) is 2.18. The molecule has 3 aromatic rings. The quantitative estimate of drug-likeness (QED) is 0.403. The maximum atomic E-state index is 12.0. The first-order valence-corrected chi connectivity index (χ1v) is 12.8. The van der Waals surface area contributed by atoms with Crippen LogP contribution in [0, 0.1) is 0 Å². The number of thiazole rings is 1. The highest BCUT2D eigenvalue weighted by molar-refractivity contribution is 7.89. The van der Waals surface area contributed by atoms with Gasteiger partial charge < -0.3 is 4.74 Å². The number of unbranched alkanes of at least 4 members (excludes halogenated alkanes) is 1. The molecule has 162 valence electrons. The van der Waals surface area contributed by atoms with E-state index in [1.807, 2.05) is 18.2 Å². The fourth-order valence-electron chi connectivity index (χ4n) is 3.63. The number of sulfonamides is 1. The standard InChI is InChI=1S/C22H27ClN2O3S2/c1-3-4-6-15(22-25-19-11-9-17(23)14-20(19)29-22)7-5-8-16-13-18(28-2)10-12-21(16)30(24,26)27/h9-15H,3-8H2,1-2H3,(H2,24,26,27). The number of rotatable bonds is 10. The summed E-state index contributed by atoms with van der Waals surface area (Å²) in [5, 5.41) is 7.25. The smallest absolute Gasteiger partial charge is 0.238 e. The molecule has 0 aliphatic rings. The van der Waals surface area contributed by atoms with Crippen molar-refractivity contribution in [1.29, 1.82) is 0 Å². The van der Waals surface area contributed by atoms with E-state index in [2.05, 4.69) is 6.92 Å². The van der Waals surface area contributed by atoms with E-state index in [4.69, 9.17) is 26.5 Å². The highest BCUT2D eigenvalue weighted by Crippen LogP contribution is 2.35. The molecule has 0 aliphatic carbocycles. The number of hydrogen-bond acceptors (Lipinski definition) is 5. The van der Waals surface area contributed by atoms with E-state index in [0.717, 1.165) is 52.4 Å². The average Bonchev–Trinajstić information content (AvgIpc) is 3.12. The lowest BCUT2D eigenvalue weighted by Crippen LogP contribution is -2.14. The average molecular weight is 467 g/mol. The summed E-state index contributed by atoms with van der Waals surface area (Å²) >= 11 is 7.83. The molecule has 0 spiro atoms. The Labute approximate surface area is 187 Å². The van der Waals surface area contributed by atoms with Crippen LogP contribution < -0.4 is 9.88 Å². The second-order valence-electron chi connectivity index (χ2n) is 7.41. The number of ether oxygens (including phenoxy) is 1. The molecular formula is C22H27ClN2O3S2. The number of primary sulfonamides is 1. The van der Waals surface area contributed by atoms with Gasteiger partial charge >= 0.3 is 0 Å². The van der Waals surface area contributed by atoms with E-state index >= 15 is 0 Å². The van der Waals surface area contributed by atoms with Crippen LogP contribution in [-0.4, -0.2) is 20.5 Å². The normalized spacial score (nSPS) is 12.9. The fraction of sp³-hybridized carbons (Fsp3) is 0.409. The van der Waals surface area contributed by atoms with Gasteiger partial charge in [-0.3, -0.25) is 0 Å². The van der Waals surface area contributed by atoms with Gasteiger partial charge in [0, 0.05) is 10.9 Å². The summed E-state index contributed by atoms with van der Waals surface area (Å²) in [5.74, 6) is 0.965. The molecule has 8 heteroatoms. The van der Waals surface area contributed by atoms with Crippen molar-refractivity contribution in [3.8, 4) is 5.75 Å².